The molecule has 1 aliphatic rings. The highest BCUT2D eigenvalue weighted by molar-refractivity contribution is 7.47. The van der Waals surface area contributed by atoms with Crippen molar-refractivity contribution in [3.8, 4) is 0 Å². The predicted molar refractivity (Wildman–Crippen MR) is 103 cm³/mol. The van der Waals surface area contributed by atoms with E-state index in [9.17, 15) is 35.0 Å². The van der Waals surface area contributed by atoms with Crippen molar-refractivity contribution in [2.45, 2.75) is 108 Å². The first-order valence-electron chi connectivity index (χ1n) is 10.3. The maximum atomic E-state index is 12.0. The van der Waals surface area contributed by atoms with E-state index in [1.54, 1.807) is 0 Å². The second kappa shape index (κ2) is 13.3. The number of aliphatic hydroxyl groups excluding tert-OH is 5. The van der Waals surface area contributed by atoms with Crippen LogP contribution in [0.4, 0.5) is 0 Å². The van der Waals surface area contributed by atoms with Gasteiger partial charge in [0.1, 0.15) is 36.6 Å². The van der Waals surface area contributed by atoms with Crippen molar-refractivity contribution in [2.75, 3.05) is 6.61 Å². The molecule has 0 radical (unpaired) electrons. The molecule has 0 aromatic heterocycles. The molecule has 10 heteroatoms. The lowest BCUT2D eigenvalue weighted by Crippen LogP contribution is -2.64. The van der Waals surface area contributed by atoms with Gasteiger partial charge in [-0.3, -0.25) is 9.05 Å². The van der Waals surface area contributed by atoms with Crippen LogP contribution in [0.25, 0.3) is 0 Å². The van der Waals surface area contributed by atoms with E-state index >= 15 is 0 Å². The molecule has 0 aromatic rings. The Labute approximate surface area is 166 Å². The van der Waals surface area contributed by atoms with Gasteiger partial charge in [0, 0.05) is 0 Å². The van der Waals surface area contributed by atoms with Crippen LogP contribution in [0, 0.1) is 0 Å². The van der Waals surface area contributed by atoms with Crippen LogP contribution < -0.4 is 0 Å². The highest BCUT2D eigenvalue weighted by Crippen LogP contribution is 2.47. The summed E-state index contributed by atoms with van der Waals surface area (Å²) in [7, 11) is -4.61. The van der Waals surface area contributed by atoms with Gasteiger partial charge >= 0.3 is 7.82 Å². The molecule has 0 saturated heterocycles. The number of hydrogen-bond acceptors (Lipinski definition) is 8. The van der Waals surface area contributed by atoms with Crippen LogP contribution >= 0.6 is 7.82 Å². The Balaban J connectivity index is 2.21. The van der Waals surface area contributed by atoms with Crippen molar-refractivity contribution in [1.29, 1.82) is 0 Å². The zero-order valence-corrected chi connectivity index (χ0v) is 17.5. The number of phosphoric acid groups is 1. The number of hydrogen-bond donors (Lipinski definition) is 6. The van der Waals surface area contributed by atoms with E-state index in [1.165, 1.54) is 38.5 Å². The average molecular weight is 428 g/mol. The van der Waals surface area contributed by atoms with Gasteiger partial charge in [0.2, 0.25) is 0 Å². The maximum Gasteiger partial charge on any atom is 0.472 e. The lowest BCUT2D eigenvalue weighted by molar-refractivity contribution is -0.220. The van der Waals surface area contributed by atoms with Crippen molar-refractivity contribution < 1.29 is 44.0 Å². The number of phosphoric ester groups is 1. The fourth-order valence-electron chi connectivity index (χ4n) is 3.28. The standard InChI is InChI=1S/C18H37O9P/c1-2-3-4-5-6-7-8-9-10-11-12-26-28(24,25)27-18-16(22)14(20)13(19)15(21)17(18)23/h13-23H,2-12H2,1H3,(H,24,25)/t13-,14-,15+,16-,17-,18-/m0/s1. The van der Waals surface area contributed by atoms with Gasteiger partial charge in [-0.05, 0) is 6.42 Å². The first kappa shape index (κ1) is 25.9. The summed E-state index contributed by atoms with van der Waals surface area (Å²) in [5.74, 6) is 0. The van der Waals surface area contributed by atoms with Crippen molar-refractivity contribution in [2.24, 2.45) is 0 Å². The molecule has 9 nitrogen and oxygen atoms in total. The molecule has 0 spiro atoms. The highest BCUT2D eigenvalue weighted by Gasteiger charge is 2.51. The largest absolute Gasteiger partial charge is 0.472 e. The third-order valence-electron chi connectivity index (χ3n) is 5.08. The van der Waals surface area contributed by atoms with Crippen molar-refractivity contribution in [1.82, 2.24) is 0 Å². The minimum absolute atomic E-state index is 0.0308. The van der Waals surface area contributed by atoms with Crippen molar-refractivity contribution in [3.63, 3.8) is 0 Å². The molecule has 7 atom stereocenters. The fraction of sp³-hybridized carbons (Fsp3) is 1.00. The number of aliphatic hydroxyl groups is 5. The normalized spacial score (nSPS) is 33.0. The average Bonchev–Trinajstić information content (AvgIpc) is 2.66. The van der Waals surface area contributed by atoms with E-state index < -0.39 is 44.4 Å². The first-order chi connectivity index (χ1) is 13.2. The molecular weight excluding hydrogens is 391 g/mol. The van der Waals surface area contributed by atoms with Crippen LogP contribution in [0.5, 0.6) is 0 Å². The summed E-state index contributed by atoms with van der Waals surface area (Å²) in [6.45, 7) is 2.16. The van der Waals surface area contributed by atoms with Crippen LogP contribution in [-0.4, -0.2) is 73.7 Å². The zero-order valence-electron chi connectivity index (χ0n) is 16.6. The van der Waals surface area contributed by atoms with Gasteiger partial charge < -0.3 is 30.4 Å². The molecule has 1 unspecified atom stereocenters. The highest BCUT2D eigenvalue weighted by atomic mass is 31.2. The monoisotopic (exact) mass is 428 g/mol. The van der Waals surface area contributed by atoms with E-state index in [4.69, 9.17) is 9.05 Å². The Hall–Kier alpha value is -0.0900. The van der Waals surface area contributed by atoms with Crippen LogP contribution in [0.2, 0.25) is 0 Å². The van der Waals surface area contributed by atoms with Gasteiger partial charge in [-0.1, -0.05) is 64.7 Å². The molecule has 0 heterocycles. The first-order valence-corrected chi connectivity index (χ1v) is 11.8. The summed E-state index contributed by atoms with van der Waals surface area (Å²) in [4.78, 5) is 9.75. The molecule has 0 amide bonds. The van der Waals surface area contributed by atoms with E-state index in [1.807, 2.05) is 0 Å². The molecule has 1 rings (SSSR count). The van der Waals surface area contributed by atoms with Crippen LogP contribution in [0.3, 0.4) is 0 Å². The van der Waals surface area contributed by atoms with Gasteiger partial charge in [-0.25, -0.2) is 4.57 Å². The fourth-order valence-corrected chi connectivity index (χ4v) is 4.25. The van der Waals surface area contributed by atoms with Gasteiger partial charge in [-0.15, -0.1) is 0 Å². The summed E-state index contributed by atoms with van der Waals surface area (Å²) in [6.07, 6.45) is 0.0733. The van der Waals surface area contributed by atoms with E-state index in [0.717, 1.165) is 19.3 Å². The lowest BCUT2D eigenvalue weighted by Gasteiger charge is -2.41. The van der Waals surface area contributed by atoms with E-state index in [-0.39, 0.29) is 6.61 Å². The summed E-state index contributed by atoms with van der Waals surface area (Å²) in [5, 5.41) is 48.4. The molecule has 1 aliphatic carbocycles. The van der Waals surface area contributed by atoms with E-state index in [2.05, 4.69) is 6.92 Å². The number of rotatable bonds is 14. The summed E-state index contributed by atoms with van der Waals surface area (Å²) < 4.78 is 21.6. The third kappa shape index (κ3) is 8.73. The molecule has 1 saturated carbocycles. The molecule has 1 fully saturated rings. The smallest absolute Gasteiger partial charge is 0.387 e. The Kier molecular flexibility index (Phi) is 12.3. The minimum atomic E-state index is -4.61. The SMILES string of the molecule is CCCCCCCCCCCCOP(=O)(O)O[C@@H]1[C@@H](O)[C@H](O)[C@@H](O)[C@H](O)[C@@H]1O. The van der Waals surface area contributed by atoms with Crippen molar-refractivity contribution in [3.05, 3.63) is 0 Å². The third-order valence-corrected chi connectivity index (χ3v) is 6.10. The van der Waals surface area contributed by atoms with Gasteiger partial charge in [0.05, 0.1) is 6.61 Å². The maximum absolute atomic E-state index is 12.0. The molecule has 0 aromatic carbocycles. The second-order valence-corrected chi connectivity index (χ2v) is 8.91. The van der Waals surface area contributed by atoms with Gasteiger partial charge in [-0.2, -0.15) is 0 Å². The topological polar surface area (TPSA) is 157 Å². The molecular formula is C18H37O9P. The van der Waals surface area contributed by atoms with Crippen LogP contribution in [0.15, 0.2) is 0 Å². The minimum Gasteiger partial charge on any atom is -0.387 e. The number of unbranched alkanes of at least 4 members (excludes halogenated alkanes) is 9. The Morgan fingerprint density at radius 2 is 1.07 bits per heavy atom. The van der Waals surface area contributed by atoms with E-state index in [0.29, 0.717) is 6.42 Å². The quantitative estimate of drug-likeness (QED) is 0.177. The van der Waals surface area contributed by atoms with Crippen molar-refractivity contribution >= 4 is 7.82 Å². The molecule has 0 aliphatic heterocycles. The summed E-state index contributed by atoms with van der Waals surface area (Å²) >= 11 is 0. The predicted octanol–water partition coefficient (Wildman–Crippen LogP) is 1.23. The Morgan fingerprint density at radius 1 is 0.679 bits per heavy atom. The summed E-state index contributed by atoms with van der Waals surface area (Å²) in [5.41, 5.74) is 0. The van der Waals surface area contributed by atoms with Crippen LogP contribution in [0.1, 0.15) is 71.1 Å². The molecule has 6 N–H and O–H groups in total. The molecule has 0 bridgehead atoms. The molecule has 168 valence electrons. The summed E-state index contributed by atoms with van der Waals surface area (Å²) in [6, 6.07) is 0. The second-order valence-electron chi connectivity index (χ2n) is 7.51. The Bertz CT molecular complexity index is 448. The van der Waals surface area contributed by atoms with Crippen LogP contribution in [-0.2, 0) is 13.6 Å². The lowest BCUT2D eigenvalue weighted by atomic mass is 9.85. The molecule has 28 heavy (non-hydrogen) atoms. The van der Waals surface area contributed by atoms with Gasteiger partial charge in [0.25, 0.3) is 0 Å². The zero-order chi connectivity index (χ0) is 21.2. The Morgan fingerprint density at radius 3 is 1.54 bits per heavy atom. The van der Waals surface area contributed by atoms with Gasteiger partial charge in [0.15, 0.2) is 0 Å².